The lowest BCUT2D eigenvalue weighted by Crippen LogP contribution is -2.59. The summed E-state index contributed by atoms with van der Waals surface area (Å²) in [5.74, 6) is 0.134. The van der Waals surface area contributed by atoms with Crippen LogP contribution in [0.2, 0.25) is 0 Å². The molecule has 1 unspecified atom stereocenters. The van der Waals surface area contributed by atoms with Crippen LogP contribution in [-0.2, 0) is 20.7 Å². The van der Waals surface area contributed by atoms with Gasteiger partial charge in [-0.3, -0.25) is 9.59 Å². The highest BCUT2D eigenvalue weighted by Crippen LogP contribution is 2.29. The smallest absolute Gasteiger partial charge is 0.325 e. The predicted molar refractivity (Wildman–Crippen MR) is 104 cm³/mol. The fourth-order valence-corrected chi connectivity index (χ4v) is 2.55. The normalized spacial score (nSPS) is 13.7. The van der Waals surface area contributed by atoms with E-state index in [2.05, 4.69) is 5.32 Å². The zero-order chi connectivity index (χ0) is 20.8. The number of hydrogen-bond acceptors (Lipinski definition) is 6. The molecule has 1 aromatic carbocycles. The molecule has 152 valence electrons. The Morgan fingerprint density at radius 3 is 2.26 bits per heavy atom. The monoisotopic (exact) mass is 380 g/mol. The van der Waals surface area contributed by atoms with Crippen molar-refractivity contribution < 1.29 is 23.8 Å². The standard InChI is InChI=1S/C20H32N2O5/c1-13(2)20(21,18(24)22-12-17(23)27-19(3,4)5)11-14-8-9-15(25-6)10-16(14)26-7/h8-10,13H,11-12,21H2,1-7H3,(H,22,24). The summed E-state index contributed by atoms with van der Waals surface area (Å²) in [6.45, 7) is 8.80. The van der Waals surface area contributed by atoms with Gasteiger partial charge in [-0.2, -0.15) is 0 Å². The van der Waals surface area contributed by atoms with Crippen LogP contribution >= 0.6 is 0 Å². The molecule has 0 aromatic heterocycles. The SMILES string of the molecule is COc1ccc(CC(N)(C(=O)NCC(=O)OC(C)(C)C)C(C)C)c(OC)c1. The minimum atomic E-state index is -1.22. The van der Waals surface area contributed by atoms with Crippen molar-refractivity contribution in [3.8, 4) is 11.5 Å². The highest BCUT2D eigenvalue weighted by molar-refractivity contribution is 5.89. The molecule has 27 heavy (non-hydrogen) atoms. The Hall–Kier alpha value is -2.28. The maximum absolute atomic E-state index is 12.8. The van der Waals surface area contributed by atoms with Gasteiger partial charge in [0.2, 0.25) is 5.91 Å². The average Bonchev–Trinajstić information content (AvgIpc) is 2.58. The predicted octanol–water partition coefficient (Wildman–Crippen LogP) is 2.06. The van der Waals surface area contributed by atoms with E-state index in [1.807, 2.05) is 19.9 Å². The van der Waals surface area contributed by atoms with E-state index in [0.717, 1.165) is 5.56 Å². The topological polar surface area (TPSA) is 99.9 Å². The molecule has 0 aliphatic heterocycles. The van der Waals surface area contributed by atoms with Gasteiger partial charge in [-0.1, -0.05) is 19.9 Å². The first-order valence-electron chi connectivity index (χ1n) is 8.93. The van der Waals surface area contributed by atoms with Crippen LogP contribution in [0.15, 0.2) is 18.2 Å². The summed E-state index contributed by atoms with van der Waals surface area (Å²) in [5.41, 5.74) is 5.42. The van der Waals surface area contributed by atoms with Crippen molar-refractivity contribution >= 4 is 11.9 Å². The van der Waals surface area contributed by atoms with Gasteiger partial charge in [-0.25, -0.2) is 0 Å². The molecule has 1 rings (SSSR count). The molecule has 1 atom stereocenters. The molecule has 0 spiro atoms. The fraction of sp³-hybridized carbons (Fsp3) is 0.600. The van der Waals surface area contributed by atoms with Crippen LogP contribution in [0.1, 0.15) is 40.2 Å². The number of methoxy groups -OCH3 is 2. The zero-order valence-electron chi connectivity index (χ0n) is 17.3. The number of amides is 1. The number of esters is 1. The first kappa shape index (κ1) is 22.8. The number of nitrogens with one attached hydrogen (secondary N) is 1. The first-order chi connectivity index (χ1) is 12.4. The van der Waals surface area contributed by atoms with Gasteiger partial charge in [0.25, 0.3) is 0 Å². The van der Waals surface area contributed by atoms with Crippen LogP contribution in [0.4, 0.5) is 0 Å². The van der Waals surface area contributed by atoms with Crippen molar-refractivity contribution in [2.45, 2.75) is 52.2 Å². The van der Waals surface area contributed by atoms with E-state index < -0.39 is 23.0 Å². The van der Waals surface area contributed by atoms with Gasteiger partial charge >= 0.3 is 5.97 Å². The van der Waals surface area contributed by atoms with Crippen LogP contribution < -0.4 is 20.5 Å². The van der Waals surface area contributed by atoms with Crippen molar-refractivity contribution in [1.82, 2.24) is 5.32 Å². The number of ether oxygens (including phenoxy) is 3. The molecule has 0 heterocycles. The maximum Gasteiger partial charge on any atom is 0.325 e. The Balaban J connectivity index is 2.95. The van der Waals surface area contributed by atoms with E-state index in [1.165, 1.54) is 0 Å². The number of benzene rings is 1. The van der Waals surface area contributed by atoms with Crippen molar-refractivity contribution in [2.24, 2.45) is 11.7 Å². The molecule has 0 bridgehead atoms. The second-order valence-corrected chi connectivity index (χ2v) is 7.82. The molecule has 7 nitrogen and oxygen atoms in total. The molecule has 0 saturated heterocycles. The third-order valence-electron chi connectivity index (χ3n) is 4.24. The van der Waals surface area contributed by atoms with Gasteiger partial charge < -0.3 is 25.3 Å². The van der Waals surface area contributed by atoms with Crippen molar-refractivity contribution in [1.29, 1.82) is 0 Å². The summed E-state index contributed by atoms with van der Waals surface area (Å²) >= 11 is 0. The molecule has 1 amide bonds. The maximum atomic E-state index is 12.8. The van der Waals surface area contributed by atoms with Crippen LogP contribution in [-0.4, -0.2) is 43.8 Å². The number of carbonyl (C=O) groups is 2. The van der Waals surface area contributed by atoms with E-state index in [-0.39, 0.29) is 18.9 Å². The molecular formula is C20H32N2O5. The molecule has 0 radical (unpaired) electrons. The number of hydrogen-bond donors (Lipinski definition) is 2. The van der Waals surface area contributed by atoms with Gasteiger partial charge in [0.15, 0.2) is 0 Å². The van der Waals surface area contributed by atoms with Gasteiger partial charge in [0.05, 0.1) is 14.2 Å². The van der Waals surface area contributed by atoms with Gasteiger partial charge in [0.1, 0.15) is 29.2 Å². The largest absolute Gasteiger partial charge is 0.497 e. The van der Waals surface area contributed by atoms with Crippen LogP contribution in [0.5, 0.6) is 11.5 Å². The van der Waals surface area contributed by atoms with E-state index in [0.29, 0.717) is 11.5 Å². The third kappa shape index (κ3) is 6.43. The fourth-order valence-electron chi connectivity index (χ4n) is 2.55. The Morgan fingerprint density at radius 2 is 1.78 bits per heavy atom. The number of carbonyl (C=O) groups excluding carboxylic acids is 2. The lowest BCUT2D eigenvalue weighted by molar-refractivity contribution is -0.154. The van der Waals surface area contributed by atoms with E-state index in [1.54, 1.807) is 47.1 Å². The van der Waals surface area contributed by atoms with Crippen LogP contribution in [0.3, 0.4) is 0 Å². The van der Waals surface area contributed by atoms with Gasteiger partial charge in [-0.15, -0.1) is 0 Å². The first-order valence-corrected chi connectivity index (χ1v) is 8.93. The molecule has 0 fully saturated rings. The number of rotatable bonds is 8. The van der Waals surface area contributed by atoms with E-state index in [9.17, 15) is 9.59 Å². The average molecular weight is 380 g/mol. The molecule has 0 saturated carbocycles. The zero-order valence-corrected chi connectivity index (χ0v) is 17.3. The Morgan fingerprint density at radius 1 is 1.15 bits per heavy atom. The minimum Gasteiger partial charge on any atom is -0.497 e. The van der Waals surface area contributed by atoms with Crippen molar-refractivity contribution in [2.75, 3.05) is 20.8 Å². The Labute approximate surface area is 161 Å². The summed E-state index contributed by atoms with van der Waals surface area (Å²) in [6.07, 6.45) is 0.248. The highest BCUT2D eigenvalue weighted by atomic mass is 16.6. The third-order valence-corrected chi connectivity index (χ3v) is 4.24. The highest BCUT2D eigenvalue weighted by Gasteiger charge is 2.38. The van der Waals surface area contributed by atoms with Crippen LogP contribution in [0.25, 0.3) is 0 Å². The molecular weight excluding hydrogens is 348 g/mol. The summed E-state index contributed by atoms with van der Waals surface area (Å²) in [4.78, 5) is 24.7. The van der Waals surface area contributed by atoms with Crippen molar-refractivity contribution in [3.63, 3.8) is 0 Å². The second-order valence-electron chi connectivity index (χ2n) is 7.82. The number of nitrogens with two attached hydrogens (primary N) is 1. The summed E-state index contributed by atoms with van der Waals surface area (Å²) in [5, 5.41) is 2.60. The molecule has 7 heteroatoms. The Bertz CT molecular complexity index is 667. The Kier molecular flexibility index (Phi) is 7.65. The van der Waals surface area contributed by atoms with Crippen molar-refractivity contribution in [3.05, 3.63) is 23.8 Å². The quantitative estimate of drug-likeness (QED) is 0.670. The van der Waals surface area contributed by atoms with E-state index in [4.69, 9.17) is 19.9 Å². The van der Waals surface area contributed by atoms with Gasteiger partial charge in [-0.05, 0) is 38.3 Å². The lowest BCUT2D eigenvalue weighted by Gasteiger charge is -2.33. The molecule has 3 N–H and O–H groups in total. The summed E-state index contributed by atoms with van der Waals surface area (Å²) in [6, 6.07) is 5.36. The summed E-state index contributed by atoms with van der Waals surface area (Å²) < 4.78 is 15.8. The van der Waals surface area contributed by atoms with Gasteiger partial charge in [0, 0.05) is 12.5 Å². The molecule has 0 aliphatic carbocycles. The summed E-state index contributed by atoms with van der Waals surface area (Å²) in [7, 11) is 3.12. The molecule has 1 aromatic rings. The van der Waals surface area contributed by atoms with E-state index >= 15 is 0 Å². The van der Waals surface area contributed by atoms with Crippen LogP contribution in [0, 0.1) is 5.92 Å². The second kappa shape index (κ2) is 9.08. The lowest BCUT2D eigenvalue weighted by atomic mass is 9.80. The molecule has 0 aliphatic rings. The minimum absolute atomic E-state index is 0.178.